The molecule has 4 nitrogen and oxygen atoms in total. The van der Waals surface area contributed by atoms with Crippen LogP contribution in [0.2, 0.25) is 0 Å². The number of nitrogens with one attached hydrogen (secondary N) is 2. The zero-order valence-corrected chi connectivity index (χ0v) is 14.6. The van der Waals surface area contributed by atoms with Gasteiger partial charge in [0, 0.05) is 4.90 Å². The van der Waals surface area contributed by atoms with Gasteiger partial charge in [-0.15, -0.1) is 11.8 Å². The van der Waals surface area contributed by atoms with Crippen molar-refractivity contribution >= 4 is 23.6 Å². The van der Waals surface area contributed by atoms with E-state index in [1.165, 1.54) is 31.0 Å². The van der Waals surface area contributed by atoms with E-state index in [-0.39, 0.29) is 17.2 Å². The van der Waals surface area contributed by atoms with Gasteiger partial charge in [0.2, 0.25) is 11.8 Å². The highest BCUT2D eigenvalue weighted by atomic mass is 32.2. The zero-order valence-electron chi connectivity index (χ0n) is 13.8. The summed E-state index contributed by atoms with van der Waals surface area (Å²) in [6, 6.07) is 9.82. The van der Waals surface area contributed by atoms with Crippen molar-refractivity contribution in [3.8, 4) is 0 Å². The first kappa shape index (κ1) is 16.0. The lowest BCUT2D eigenvalue weighted by Crippen LogP contribution is -2.56. The Labute approximate surface area is 147 Å². The minimum Gasteiger partial charge on any atom is -0.273 e. The van der Waals surface area contributed by atoms with Crippen LogP contribution in [-0.2, 0) is 9.59 Å². The van der Waals surface area contributed by atoms with E-state index in [0.29, 0.717) is 5.75 Å². The Kier molecular flexibility index (Phi) is 4.29. The third-order valence-corrected chi connectivity index (χ3v) is 6.96. The highest BCUT2D eigenvalue weighted by molar-refractivity contribution is 8.00. The van der Waals surface area contributed by atoms with Crippen molar-refractivity contribution in [2.45, 2.75) is 43.4 Å². The van der Waals surface area contributed by atoms with E-state index >= 15 is 0 Å². The summed E-state index contributed by atoms with van der Waals surface area (Å²) < 4.78 is 0. The van der Waals surface area contributed by atoms with Gasteiger partial charge in [0.1, 0.15) is 0 Å². The summed E-state index contributed by atoms with van der Waals surface area (Å²) in [7, 11) is 0. The van der Waals surface area contributed by atoms with Gasteiger partial charge in [0.25, 0.3) is 0 Å². The second-order valence-corrected chi connectivity index (χ2v) is 8.85. The average Bonchev–Trinajstić information content (AvgIpc) is 2.57. The molecule has 0 heterocycles. The summed E-state index contributed by atoms with van der Waals surface area (Å²) in [5.41, 5.74) is 5.13. The van der Waals surface area contributed by atoms with Crippen molar-refractivity contribution in [1.82, 2.24) is 10.9 Å². The van der Waals surface area contributed by atoms with E-state index in [1.54, 1.807) is 0 Å². The lowest BCUT2D eigenvalue weighted by molar-refractivity contribution is -0.148. The molecule has 24 heavy (non-hydrogen) atoms. The third kappa shape index (κ3) is 3.18. The second kappa shape index (κ2) is 6.43. The summed E-state index contributed by atoms with van der Waals surface area (Å²) in [5, 5.41) is 0. The van der Waals surface area contributed by atoms with E-state index in [1.807, 2.05) is 30.3 Å². The molecule has 4 aliphatic rings. The maximum Gasteiger partial charge on any atom is 0.248 e. The Balaban J connectivity index is 1.28. The van der Waals surface area contributed by atoms with E-state index < -0.39 is 0 Å². The van der Waals surface area contributed by atoms with Gasteiger partial charge in [-0.25, -0.2) is 0 Å². The number of benzene rings is 1. The largest absolute Gasteiger partial charge is 0.273 e. The van der Waals surface area contributed by atoms with Crippen LogP contribution in [0.3, 0.4) is 0 Å². The van der Waals surface area contributed by atoms with Crippen LogP contribution in [0.5, 0.6) is 0 Å². The van der Waals surface area contributed by atoms with Crippen molar-refractivity contribution in [3.63, 3.8) is 0 Å². The highest BCUT2D eigenvalue weighted by Crippen LogP contribution is 2.59. The molecule has 2 N–H and O–H groups in total. The van der Waals surface area contributed by atoms with Gasteiger partial charge in [-0.05, 0) is 68.4 Å². The van der Waals surface area contributed by atoms with Gasteiger partial charge in [-0.2, -0.15) is 0 Å². The Morgan fingerprint density at radius 2 is 1.54 bits per heavy atom. The van der Waals surface area contributed by atoms with Crippen molar-refractivity contribution < 1.29 is 9.59 Å². The molecule has 0 aliphatic heterocycles. The summed E-state index contributed by atoms with van der Waals surface area (Å²) in [6.07, 6.45) is 6.98. The number of carbonyl (C=O) groups is 2. The maximum atomic E-state index is 12.7. The summed E-state index contributed by atoms with van der Waals surface area (Å²) in [4.78, 5) is 25.8. The quantitative estimate of drug-likeness (QED) is 0.652. The summed E-state index contributed by atoms with van der Waals surface area (Å²) in [6.45, 7) is 0. The number of hydrogen-bond donors (Lipinski definition) is 2. The van der Waals surface area contributed by atoms with Crippen molar-refractivity contribution in [2.75, 3.05) is 5.75 Å². The Morgan fingerprint density at radius 1 is 0.958 bits per heavy atom. The molecule has 1 aromatic rings. The molecule has 4 saturated carbocycles. The van der Waals surface area contributed by atoms with Gasteiger partial charge in [-0.3, -0.25) is 20.4 Å². The lowest BCUT2D eigenvalue weighted by atomic mass is 9.49. The first-order valence-corrected chi connectivity index (χ1v) is 9.89. The van der Waals surface area contributed by atoms with E-state index in [4.69, 9.17) is 0 Å². The summed E-state index contributed by atoms with van der Waals surface area (Å²) in [5.74, 6) is 2.39. The molecule has 5 heteroatoms. The van der Waals surface area contributed by atoms with Gasteiger partial charge < -0.3 is 0 Å². The third-order valence-electron chi connectivity index (χ3n) is 5.95. The number of carbonyl (C=O) groups excluding carboxylic acids is 2. The maximum absolute atomic E-state index is 12.7. The minimum atomic E-state index is -0.214. The normalized spacial score (nSPS) is 33.2. The average molecular weight is 344 g/mol. The fraction of sp³-hybridized carbons (Fsp3) is 0.579. The van der Waals surface area contributed by atoms with E-state index in [9.17, 15) is 9.59 Å². The molecule has 0 aromatic heterocycles. The van der Waals surface area contributed by atoms with Gasteiger partial charge >= 0.3 is 0 Å². The van der Waals surface area contributed by atoms with Crippen LogP contribution in [0.4, 0.5) is 0 Å². The van der Waals surface area contributed by atoms with Crippen LogP contribution in [0.1, 0.15) is 38.5 Å². The number of thioether (sulfide) groups is 1. The Morgan fingerprint density at radius 3 is 2.12 bits per heavy atom. The molecule has 0 unspecified atom stereocenters. The monoisotopic (exact) mass is 344 g/mol. The molecule has 4 aliphatic carbocycles. The number of hydrogen-bond acceptors (Lipinski definition) is 3. The smallest absolute Gasteiger partial charge is 0.248 e. The first-order chi connectivity index (χ1) is 11.6. The molecule has 2 amide bonds. The van der Waals surface area contributed by atoms with Crippen LogP contribution in [0.15, 0.2) is 35.2 Å². The second-order valence-electron chi connectivity index (χ2n) is 7.80. The van der Waals surface area contributed by atoms with Gasteiger partial charge in [0.15, 0.2) is 0 Å². The van der Waals surface area contributed by atoms with Crippen molar-refractivity contribution in [3.05, 3.63) is 30.3 Å². The zero-order chi connectivity index (χ0) is 16.6. The minimum absolute atomic E-state index is 0.0414. The number of hydrazine groups is 1. The number of rotatable bonds is 4. The van der Waals surface area contributed by atoms with Crippen LogP contribution in [0.25, 0.3) is 0 Å². The van der Waals surface area contributed by atoms with Gasteiger partial charge in [-0.1, -0.05) is 18.2 Å². The first-order valence-electron chi connectivity index (χ1n) is 8.90. The molecular weight excluding hydrogens is 320 g/mol. The van der Waals surface area contributed by atoms with E-state index in [0.717, 1.165) is 41.9 Å². The molecule has 128 valence electrons. The van der Waals surface area contributed by atoms with Crippen LogP contribution >= 0.6 is 11.8 Å². The van der Waals surface area contributed by atoms with E-state index in [2.05, 4.69) is 10.9 Å². The fourth-order valence-electron chi connectivity index (χ4n) is 5.35. The van der Waals surface area contributed by atoms with Crippen molar-refractivity contribution in [1.29, 1.82) is 0 Å². The lowest BCUT2D eigenvalue weighted by Gasteiger charge is -2.55. The molecule has 4 bridgehead atoms. The molecule has 5 rings (SSSR count). The molecule has 1 aromatic carbocycles. The Bertz CT molecular complexity index is 596. The van der Waals surface area contributed by atoms with Gasteiger partial charge in [0.05, 0.1) is 11.2 Å². The topological polar surface area (TPSA) is 58.2 Å². The molecule has 4 fully saturated rings. The molecule has 0 spiro atoms. The standard InChI is InChI=1S/C19H24N2O2S/c22-17(12-24-16-4-2-1-3-5-16)20-21-18(23)19-9-13-6-14(10-19)8-15(7-13)11-19/h1-5,13-15H,6-12H2,(H,20,22)(H,21,23). The molecule has 0 saturated heterocycles. The Hall–Kier alpha value is -1.49. The predicted octanol–water partition coefficient (Wildman–Crippen LogP) is 3.14. The summed E-state index contributed by atoms with van der Waals surface area (Å²) >= 11 is 1.48. The predicted molar refractivity (Wildman–Crippen MR) is 94.1 cm³/mol. The molecule has 0 atom stereocenters. The fourth-order valence-corrected chi connectivity index (χ4v) is 6.07. The van der Waals surface area contributed by atoms with Crippen LogP contribution < -0.4 is 10.9 Å². The molecule has 0 radical (unpaired) electrons. The van der Waals surface area contributed by atoms with Crippen molar-refractivity contribution in [2.24, 2.45) is 23.2 Å². The molecular formula is C19H24N2O2S. The number of amides is 2. The van der Waals surface area contributed by atoms with Crippen LogP contribution in [0, 0.1) is 23.2 Å². The van der Waals surface area contributed by atoms with Crippen LogP contribution in [-0.4, -0.2) is 17.6 Å². The highest BCUT2D eigenvalue weighted by Gasteiger charge is 2.54. The SMILES string of the molecule is O=C(CSc1ccccc1)NNC(=O)C12CC3CC(CC(C3)C1)C2.